The van der Waals surface area contributed by atoms with Crippen LogP contribution in [0.4, 0.5) is 0 Å². The predicted molar refractivity (Wildman–Crippen MR) is 82.9 cm³/mol. The van der Waals surface area contributed by atoms with Gasteiger partial charge in [0.1, 0.15) is 0 Å². The molecule has 2 N–H and O–H groups in total. The van der Waals surface area contributed by atoms with Crippen molar-refractivity contribution in [2.45, 2.75) is 62.2 Å². The minimum absolute atomic E-state index is 0.00517. The van der Waals surface area contributed by atoms with Crippen LogP contribution in [0, 0.1) is 0 Å². The zero-order chi connectivity index (χ0) is 14.9. The highest BCUT2D eigenvalue weighted by Gasteiger charge is 2.27. The molecule has 7 heteroatoms. The quantitative estimate of drug-likeness (QED) is 0.801. The van der Waals surface area contributed by atoms with Gasteiger partial charge in [-0.05, 0) is 38.7 Å². The zero-order valence-electron chi connectivity index (χ0n) is 12.2. The maximum absolute atomic E-state index is 12.4. The van der Waals surface area contributed by atoms with E-state index in [1.807, 2.05) is 6.92 Å². The number of thiophene rings is 1. The van der Waals surface area contributed by atoms with Crippen LogP contribution in [-0.4, -0.2) is 33.2 Å². The molecule has 21 heavy (non-hydrogen) atoms. The monoisotopic (exact) mass is 330 g/mol. The summed E-state index contributed by atoms with van der Waals surface area (Å²) in [5.41, 5.74) is 0. The van der Waals surface area contributed by atoms with Crippen molar-refractivity contribution in [2.24, 2.45) is 0 Å². The van der Waals surface area contributed by atoms with Crippen molar-refractivity contribution >= 4 is 21.4 Å². The van der Waals surface area contributed by atoms with E-state index in [9.17, 15) is 8.42 Å². The van der Waals surface area contributed by atoms with E-state index in [-0.39, 0.29) is 12.1 Å². The molecule has 1 aliphatic carbocycles. The smallest absolute Gasteiger partial charge is 0.241 e. The lowest BCUT2D eigenvalue weighted by Crippen LogP contribution is -2.40. The van der Waals surface area contributed by atoms with E-state index < -0.39 is 10.0 Å². The molecule has 118 valence electrons. The van der Waals surface area contributed by atoms with Gasteiger partial charge in [-0.3, -0.25) is 0 Å². The Kier molecular flexibility index (Phi) is 4.66. The van der Waals surface area contributed by atoms with Crippen LogP contribution in [0.5, 0.6) is 0 Å². The molecule has 1 saturated carbocycles. The molecule has 5 nitrogen and oxygen atoms in total. The highest BCUT2D eigenvalue weighted by Crippen LogP contribution is 2.24. The van der Waals surface area contributed by atoms with Gasteiger partial charge in [0.25, 0.3) is 0 Å². The van der Waals surface area contributed by atoms with E-state index in [1.54, 1.807) is 11.4 Å². The normalized spacial score (nSPS) is 24.3. The molecule has 0 radical (unpaired) electrons. The lowest BCUT2D eigenvalue weighted by molar-refractivity contribution is 0.0902. The topological polar surface area (TPSA) is 67.4 Å². The highest BCUT2D eigenvalue weighted by atomic mass is 32.2. The summed E-state index contributed by atoms with van der Waals surface area (Å²) in [6.45, 7) is 3.35. The molecule has 3 rings (SSSR count). The molecule has 2 heterocycles. The SMILES string of the molecule is CC(NS(=O)(=O)c1csc(CNC2CC2)c1)C1CCCO1. The number of nitrogens with one attached hydrogen (secondary N) is 2. The fourth-order valence-corrected chi connectivity index (χ4v) is 5.01. The molecule has 2 fully saturated rings. The van der Waals surface area contributed by atoms with E-state index in [0.29, 0.717) is 10.9 Å². The minimum atomic E-state index is -3.45. The summed E-state index contributed by atoms with van der Waals surface area (Å²) in [5, 5.41) is 5.12. The number of hydrogen-bond acceptors (Lipinski definition) is 5. The molecule has 2 unspecified atom stereocenters. The van der Waals surface area contributed by atoms with Gasteiger partial charge in [0.05, 0.1) is 11.0 Å². The van der Waals surface area contributed by atoms with Crippen molar-refractivity contribution in [2.75, 3.05) is 6.61 Å². The predicted octanol–water partition coefficient (Wildman–Crippen LogP) is 1.85. The van der Waals surface area contributed by atoms with Crippen molar-refractivity contribution in [1.82, 2.24) is 10.0 Å². The van der Waals surface area contributed by atoms with E-state index in [1.165, 1.54) is 24.2 Å². The van der Waals surface area contributed by atoms with Crippen LogP contribution >= 0.6 is 11.3 Å². The van der Waals surface area contributed by atoms with Gasteiger partial charge in [0, 0.05) is 35.5 Å². The Hall–Kier alpha value is -0.470. The van der Waals surface area contributed by atoms with Crippen LogP contribution in [-0.2, 0) is 21.3 Å². The number of sulfonamides is 1. The third-order valence-corrected chi connectivity index (χ3v) is 6.57. The van der Waals surface area contributed by atoms with Gasteiger partial charge in [-0.2, -0.15) is 0 Å². The van der Waals surface area contributed by atoms with Crippen molar-refractivity contribution in [3.8, 4) is 0 Å². The summed E-state index contributed by atoms with van der Waals surface area (Å²) in [5.74, 6) is 0. The summed E-state index contributed by atoms with van der Waals surface area (Å²) in [6.07, 6.45) is 4.39. The number of hydrogen-bond donors (Lipinski definition) is 2. The average molecular weight is 330 g/mol. The second-order valence-electron chi connectivity index (χ2n) is 5.87. The van der Waals surface area contributed by atoms with Crippen LogP contribution in [0.3, 0.4) is 0 Å². The summed E-state index contributed by atoms with van der Waals surface area (Å²) >= 11 is 1.49. The van der Waals surface area contributed by atoms with Crippen LogP contribution in [0.25, 0.3) is 0 Å². The van der Waals surface area contributed by atoms with Gasteiger partial charge in [-0.1, -0.05) is 0 Å². The second kappa shape index (κ2) is 6.34. The molecule has 1 aliphatic heterocycles. The Labute approximate surface area is 130 Å². The van der Waals surface area contributed by atoms with Gasteiger partial charge in [0.2, 0.25) is 10.0 Å². The molecule has 1 aromatic rings. The van der Waals surface area contributed by atoms with Gasteiger partial charge in [-0.25, -0.2) is 13.1 Å². The van der Waals surface area contributed by atoms with Crippen LogP contribution in [0.1, 0.15) is 37.5 Å². The largest absolute Gasteiger partial charge is 0.377 e. The third-order valence-electron chi connectivity index (χ3n) is 3.95. The Bertz CT molecular complexity index is 575. The van der Waals surface area contributed by atoms with Gasteiger partial charge in [0.15, 0.2) is 0 Å². The van der Waals surface area contributed by atoms with Crippen molar-refractivity contribution in [3.63, 3.8) is 0 Å². The van der Waals surface area contributed by atoms with Gasteiger partial charge >= 0.3 is 0 Å². The summed E-state index contributed by atoms with van der Waals surface area (Å²) in [6, 6.07) is 2.21. The fraction of sp³-hybridized carbons (Fsp3) is 0.714. The minimum Gasteiger partial charge on any atom is -0.377 e. The van der Waals surface area contributed by atoms with E-state index >= 15 is 0 Å². The van der Waals surface area contributed by atoms with Crippen LogP contribution in [0.15, 0.2) is 16.3 Å². The Morgan fingerprint density at radius 3 is 2.90 bits per heavy atom. The standard InChI is InChI=1S/C14H22N2O3S2/c1-10(14-3-2-6-19-14)16-21(17,18)13-7-12(20-9-13)8-15-11-4-5-11/h7,9-11,14-16H,2-6,8H2,1H3. The number of rotatable bonds is 7. The van der Waals surface area contributed by atoms with E-state index in [4.69, 9.17) is 4.74 Å². The molecule has 0 aromatic carbocycles. The molecule has 2 aliphatic rings. The first-order chi connectivity index (χ1) is 10.0. The summed E-state index contributed by atoms with van der Waals surface area (Å²) < 4.78 is 33.0. The average Bonchev–Trinajstić information content (AvgIpc) is 2.96. The first kappa shape index (κ1) is 15.4. The first-order valence-corrected chi connectivity index (χ1v) is 9.85. The lowest BCUT2D eigenvalue weighted by atomic mass is 10.1. The van der Waals surface area contributed by atoms with Crippen LogP contribution in [0.2, 0.25) is 0 Å². The molecular formula is C14H22N2O3S2. The van der Waals surface area contributed by atoms with E-state index in [0.717, 1.165) is 30.9 Å². The lowest BCUT2D eigenvalue weighted by Gasteiger charge is -2.19. The van der Waals surface area contributed by atoms with Crippen molar-refractivity contribution in [3.05, 3.63) is 16.3 Å². The molecular weight excluding hydrogens is 308 g/mol. The highest BCUT2D eigenvalue weighted by molar-refractivity contribution is 7.89. The summed E-state index contributed by atoms with van der Waals surface area (Å²) in [7, 11) is -3.45. The summed E-state index contributed by atoms with van der Waals surface area (Å²) in [4.78, 5) is 1.43. The van der Waals surface area contributed by atoms with Crippen molar-refractivity contribution in [1.29, 1.82) is 0 Å². The Morgan fingerprint density at radius 2 is 2.24 bits per heavy atom. The molecule has 1 saturated heterocycles. The third kappa shape index (κ3) is 4.04. The number of ether oxygens (including phenoxy) is 1. The fourth-order valence-electron chi connectivity index (χ4n) is 2.51. The van der Waals surface area contributed by atoms with Crippen LogP contribution < -0.4 is 10.0 Å². The molecule has 0 amide bonds. The Balaban J connectivity index is 1.60. The zero-order valence-corrected chi connectivity index (χ0v) is 13.8. The molecule has 0 spiro atoms. The molecule has 0 bridgehead atoms. The van der Waals surface area contributed by atoms with E-state index in [2.05, 4.69) is 10.0 Å². The van der Waals surface area contributed by atoms with Crippen molar-refractivity contribution < 1.29 is 13.2 Å². The first-order valence-electron chi connectivity index (χ1n) is 7.49. The Morgan fingerprint density at radius 1 is 1.43 bits per heavy atom. The maximum Gasteiger partial charge on any atom is 0.241 e. The van der Waals surface area contributed by atoms with Gasteiger partial charge in [-0.15, -0.1) is 11.3 Å². The second-order valence-corrected chi connectivity index (χ2v) is 8.58. The molecule has 1 aromatic heterocycles. The van der Waals surface area contributed by atoms with Gasteiger partial charge < -0.3 is 10.1 Å². The maximum atomic E-state index is 12.4. The molecule has 2 atom stereocenters.